The summed E-state index contributed by atoms with van der Waals surface area (Å²) in [5.41, 5.74) is 0.0963. The molecular weight excluding hydrogens is 375 g/mol. The Balaban J connectivity index is 2.04. The first kappa shape index (κ1) is 21.7. The number of hydrogen-bond donors (Lipinski definition) is 2. The summed E-state index contributed by atoms with van der Waals surface area (Å²) in [4.78, 5) is 38.4. The summed E-state index contributed by atoms with van der Waals surface area (Å²) in [5.74, 6) is -1.70. The molecule has 9 heteroatoms. The summed E-state index contributed by atoms with van der Waals surface area (Å²) in [7, 11) is 0. The predicted octanol–water partition coefficient (Wildman–Crippen LogP) is 2.96. The van der Waals surface area contributed by atoms with Gasteiger partial charge in [0.2, 0.25) is 11.8 Å². The number of anilines is 1. The molecule has 1 aliphatic rings. The zero-order valence-corrected chi connectivity index (χ0v) is 15.6. The maximum atomic E-state index is 12.6. The van der Waals surface area contributed by atoms with Crippen LogP contribution in [0.3, 0.4) is 0 Å². The second-order valence-electron chi connectivity index (χ2n) is 6.76. The van der Waals surface area contributed by atoms with Crippen molar-refractivity contribution < 1.29 is 27.6 Å². The van der Waals surface area contributed by atoms with Crippen LogP contribution in [0.1, 0.15) is 43.0 Å². The van der Waals surface area contributed by atoms with Gasteiger partial charge in [-0.05, 0) is 31.4 Å². The molecule has 154 valence electrons. The van der Waals surface area contributed by atoms with Crippen molar-refractivity contribution in [3.63, 3.8) is 0 Å². The van der Waals surface area contributed by atoms with Crippen LogP contribution in [0.15, 0.2) is 24.3 Å². The van der Waals surface area contributed by atoms with Crippen molar-refractivity contribution in [1.82, 2.24) is 10.2 Å². The minimum Gasteiger partial charge on any atom is -0.343 e. The minimum absolute atomic E-state index is 0.00642. The highest BCUT2D eigenvalue weighted by Crippen LogP contribution is 2.22. The van der Waals surface area contributed by atoms with Gasteiger partial charge < -0.3 is 15.5 Å². The van der Waals surface area contributed by atoms with E-state index in [4.69, 9.17) is 0 Å². The second kappa shape index (κ2) is 9.57. The van der Waals surface area contributed by atoms with Gasteiger partial charge in [0.25, 0.3) is 5.91 Å². The fourth-order valence-corrected chi connectivity index (χ4v) is 3.09. The van der Waals surface area contributed by atoms with Crippen LogP contribution in [-0.2, 0) is 9.59 Å². The van der Waals surface area contributed by atoms with E-state index in [0.717, 1.165) is 6.42 Å². The number of likely N-dealkylation sites (tertiary alicyclic amines) is 1. The Morgan fingerprint density at radius 3 is 2.61 bits per heavy atom. The SMILES string of the molecule is CCCC(=O)N1CCCC(C(=O)Nc2ccccc2C(=O)NCC(F)(F)F)C1. The first-order valence-electron chi connectivity index (χ1n) is 9.24. The highest BCUT2D eigenvalue weighted by atomic mass is 19.4. The molecule has 0 radical (unpaired) electrons. The zero-order chi connectivity index (χ0) is 20.7. The number of nitrogens with one attached hydrogen (secondary N) is 2. The summed E-state index contributed by atoms with van der Waals surface area (Å²) in [6, 6.07) is 5.89. The van der Waals surface area contributed by atoms with E-state index in [9.17, 15) is 27.6 Å². The third kappa shape index (κ3) is 6.24. The predicted molar refractivity (Wildman–Crippen MR) is 97.7 cm³/mol. The molecule has 2 N–H and O–H groups in total. The number of alkyl halides is 3. The molecule has 1 atom stereocenters. The molecule has 1 heterocycles. The Morgan fingerprint density at radius 2 is 1.93 bits per heavy atom. The van der Waals surface area contributed by atoms with Gasteiger partial charge in [0.1, 0.15) is 6.54 Å². The second-order valence-corrected chi connectivity index (χ2v) is 6.76. The molecule has 1 aromatic rings. The molecular formula is C19H24F3N3O3. The maximum Gasteiger partial charge on any atom is 0.405 e. The third-order valence-electron chi connectivity index (χ3n) is 4.49. The van der Waals surface area contributed by atoms with Gasteiger partial charge >= 0.3 is 6.18 Å². The number of hydrogen-bond acceptors (Lipinski definition) is 3. The molecule has 2 rings (SSSR count). The topological polar surface area (TPSA) is 78.5 Å². The summed E-state index contributed by atoms with van der Waals surface area (Å²) in [5, 5.41) is 4.43. The summed E-state index contributed by atoms with van der Waals surface area (Å²) < 4.78 is 37.0. The number of carbonyl (C=O) groups excluding carboxylic acids is 3. The number of halogens is 3. The number of piperidine rings is 1. The Bertz CT molecular complexity index is 722. The molecule has 1 saturated heterocycles. The van der Waals surface area contributed by atoms with E-state index in [-0.39, 0.29) is 23.1 Å². The molecule has 0 spiro atoms. The average Bonchev–Trinajstić information content (AvgIpc) is 2.66. The quantitative estimate of drug-likeness (QED) is 0.772. The van der Waals surface area contributed by atoms with Gasteiger partial charge in [0.15, 0.2) is 0 Å². The van der Waals surface area contributed by atoms with Crippen molar-refractivity contribution in [1.29, 1.82) is 0 Å². The number of rotatable bonds is 6. The van der Waals surface area contributed by atoms with E-state index in [0.29, 0.717) is 32.4 Å². The van der Waals surface area contributed by atoms with Gasteiger partial charge in [-0.15, -0.1) is 0 Å². The summed E-state index contributed by atoms with van der Waals surface area (Å²) in [6.45, 7) is 1.37. The van der Waals surface area contributed by atoms with E-state index >= 15 is 0 Å². The highest BCUT2D eigenvalue weighted by Gasteiger charge is 2.30. The van der Waals surface area contributed by atoms with Gasteiger partial charge in [0.05, 0.1) is 17.2 Å². The number of para-hydroxylation sites is 1. The molecule has 1 aromatic carbocycles. The van der Waals surface area contributed by atoms with E-state index < -0.39 is 24.5 Å². The van der Waals surface area contributed by atoms with Crippen molar-refractivity contribution >= 4 is 23.4 Å². The monoisotopic (exact) mass is 399 g/mol. The van der Waals surface area contributed by atoms with Gasteiger partial charge in [0, 0.05) is 19.5 Å². The van der Waals surface area contributed by atoms with Crippen LogP contribution < -0.4 is 10.6 Å². The summed E-state index contributed by atoms with van der Waals surface area (Å²) in [6.07, 6.45) is -2.07. The third-order valence-corrected chi connectivity index (χ3v) is 4.49. The Morgan fingerprint density at radius 1 is 1.21 bits per heavy atom. The number of nitrogens with zero attached hydrogens (tertiary/aromatic N) is 1. The largest absolute Gasteiger partial charge is 0.405 e. The van der Waals surface area contributed by atoms with Crippen LogP contribution in [0.25, 0.3) is 0 Å². The number of benzene rings is 1. The van der Waals surface area contributed by atoms with E-state index in [1.54, 1.807) is 16.3 Å². The average molecular weight is 399 g/mol. The standard InChI is InChI=1S/C19H24F3N3O3/c1-2-6-16(26)25-10-5-7-13(11-25)17(27)24-15-9-4-3-8-14(15)18(28)23-12-19(20,21)22/h3-4,8-9,13H,2,5-7,10-12H2,1H3,(H,23,28)(H,24,27). The number of amides is 3. The van der Waals surface area contributed by atoms with Gasteiger partial charge in [-0.3, -0.25) is 14.4 Å². The van der Waals surface area contributed by atoms with E-state index in [2.05, 4.69) is 5.32 Å². The zero-order valence-electron chi connectivity index (χ0n) is 15.6. The van der Waals surface area contributed by atoms with Crippen LogP contribution in [0, 0.1) is 5.92 Å². The van der Waals surface area contributed by atoms with Crippen molar-refractivity contribution in [2.75, 3.05) is 25.0 Å². The fraction of sp³-hybridized carbons (Fsp3) is 0.526. The molecule has 3 amide bonds. The normalized spacial score (nSPS) is 17.1. The van der Waals surface area contributed by atoms with E-state index in [1.165, 1.54) is 18.2 Å². The van der Waals surface area contributed by atoms with Crippen LogP contribution >= 0.6 is 0 Å². The Labute approximate surface area is 161 Å². The van der Waals surface area contributed by atoms with Crippen LogP contribution in [0.5, 0.6) is 0 Å². The molecule has 0 bridgehead atoms. The van der Waals surface area contributed by atoms with Crippen LogP contribution in [0.4, 0.5) is 18.9 Å². The Hall–Kier alpha value is -2.58. The molecule has 0 aromatic heterocycles. The maximum absolute atomic E-state index is 12.6. The molecule has 6 nitrogen and oxygen atoms in total. The van der Waals surface area contributed by atoms with Crippen molar-refractivity contribution in [2.24, 2.45) is 5.92 Å². The van der Waals surface area contributed by atoms with E-state index in [1.807, 2.05) is 6.92 Å². The minimum atomic E-state index is -4.52. The molecule has 28 heavy (non-hydrogen) atoms. The first-order chi connectivity index (χ1) is 13.2. The van der Waals surface area contributed by atoms with Gasteiger partial charge in [-0.1, -0.05) is 19.1 Å². The number of carbonyl (C=O) groups is 3. The molecule has 1 aliphatic heterocycles. The lowest BCUT2D eigenvalue weighted by molar-refractivity contribution is -0.134. The lowest BCUT2D eigenvalue weighted by atomic mass is 9.96. The van der Waals surface area contributed by atoms with Crippen molar-refractivity contribution in [3.05, 3.63) is 29.8 Å². The first-order valence-corrected chi connectivity index (χ1v) is 9.24. The molecule has 1 unspecified atom stereocenters. The molecule has 1 fully saturated rings. The lowest BCUT2D eigenvalue weighted by Gasteiger charge is -2.32. The smallest absolute Gasteiger partial charge is 0.343 e. The highest BCUT2D eigenvalue weighted by molar-refractivity contribution is 6.04. The molecule has 0 aliphatic carbocycles. The van der Waals surface area contributed by atoms with Crippen LogP contribution in [0.2, 0.25) is 0 Å². The van der Waals surface area contributed by atoms with Gasteiger partial charge in [-0.25, -0.2) is 0 Å². The molecule has 0 saturated carbocycles. The Kier molecular flexibility index (Phi) is 7.42. The lowest BCUT2D eigenvalue weighted by Crippen LogP contribution is -2.43. The summed E-state index contributed by atoms with van der Waals surface area (Å²) >= 11 is 0. The van der Waals surface area contributed by atoms with Crippen molar-refractivity contribution in [3.8, 4) is 0 Å². The van der Waals surface area contributed by atoms with Gasteiger partial charge in [-0.2, -0.15) is 13.2 Å². The van der Waals surface area contributed by atoms with Crippen LogP contribution in [-0.4, -0.2) is 48.4 Å². The fourth-order valence-electron chi connectivity index (χ4n) is 3.09. The van der Waals surface area contributed by atoms with Crippen molar-refractivity contribution in [2.45, 2.75) is 38.8 Å².